The molecule has 33 heavy (non-hydrogen) atoms. The minimum absolute atomic E-state index is 0.109. The van der Waals surface area contributed by atoms with Crippen molar-refractivity contribution in [1.82, 2.24) is 14.8 Å². The van der Waals surface area contributed by atoms with Crippen molar-refractivity contribution in [3.8, 4) is 0 Å². The molecule has 0 radical (unpaired) electrons. The Kier molecular flexibility index (Phi) is 5.18. The van der Waals surface area contributed by atoms with Crippen LogP contribution in [0.3, 0.4) is 0 Å². The Morgan fingerprint density at radius 3 is 2.42 bits per heavy atom. The largest absolute Gasteiger partial charge is 0.270 e. The first-order chi connectivity index (χ1) is 16.0. The normalized spacial score (nSPS) is 17.4. The second kappa shape index (κ2) is 8.31. The van der Waals surface area contributed by atoms with E-state index in [1.54, 1.807) is 15.6 Å². The fourth-order valence-electron chi connectivity index (χ4n) is 4.34. The Hall–Kier alpha value is -4.33. The summed E-state index contributed by atoms with van der Waals surface area (Å²) >= 11 is 0. The van der Waals surface area contributed by atoms with Gasteiger partial charge in [-0.2, -0.15) is 10.1 Å². The Balaban J connectivity index is 1.64. The predicted molar refractivity (Wildman–Crippen MR) is 123 cm³/mol. The van der Waals surface area contributed by atoms with Gasteiger partial charge in [0, 0.05) is 17.7 Å². The maximum Gasteiger partial charge on any atom is 0.270 e. The zero-order valence-corrected chi connectivity index (χ0v) is 17.9. The third-order valence-electron chi connectivity index (χ3n) is 5.99. The van der Waals surface area contributed by atoms with E-state index in [-0.39, 0.29) is 29.2 Å². The third kappa shape index (κ3) is 3.76. The van der Waals surface area contributed by atoms with E-state index < -0.39 is 4.92 Å². The number of nitro benzene ring substituents is 1. The topological polar surface area (TPSA) is 94.2 Å². The molecular formula is C25H21N5O3. The van der Waals surface area contributed by atoms with E-state index in [9.17, 15) is 14.9 Å². The monoisotopic (exact) mass is 439 g/mol. The maximum absolute atomic E-state index is 13.7. The molecule has 0 N–H and O–H groups in total. The number of anilines is 1. The number of carbonyl (C=O) groups is 1. The molecule has 1 aliphatic heterocycles. The van der Waals surface area contributed by atoms with Crippen molar-refractivity contribution in [1.29, 1.82) is 0 Å². The molecule has 5 rings (SSSR count). The lowest BCUT2D eigenvalue weighted by Crippen LogP contribution is -2.42. The maximum atomic E-state index is 13.7. The van der Waals surface area contributed by atoms with E-state index >= 15 is 0 Å². The predicted octanol–water partition coefficient (Wildman–Crippen LogP) is 4.88. The van der Waals surface area contributed by atoms with E-state index in [1.165, 1.54) is 24.5 Å². The lowest BCUT2D eigenvalue weighted by molar-refractivity contribution is -0.384. The van der Waals surface area contributed by atoms with Crippen molar-refractivity contribution in [2.24, 2.45) is 0 Å². The van der Waals surface area contributed by atoms with Gasteiger partial charge in [-0.15, -0.1) is 0 Å². The molecule has 3 aromatic carbocycles. The first-order valence-electron chi connectivity index (χ1n) is 10.6. The molecule has 0 fully saturated rings. The van der Waals surface area contributed by atoms with Crippen molar-refractivity contribution in [3.63, 3.8) is 0 Å². The number of aryl methyl sites for hydroxylation is 1. The van der Waals surface area contributed by atoms with Gasteiger partial charge < -0.3 is 0 Å². The van der Waals surface area contributed by atoms with E-state index in [0.717, 1.165) is 16.7 Å². The summed E-state index contributed by atoms with van der Waals surface area (Å²) in [7, 11) is 0. The number of amides is 1. The number of rotatable bonds is 4. The van der Waals surface area contributed by atoms with Crippen LogP contribution < -0.4 is 4.90 Å². The summed E-state index contributed by atoms with van der Waals surface area (Å²) in [6.07, 6.45) is 2.03. The van der Waals surface area contributed by atoms with Crippen LogP contribution in [0, 0.1) is 17.0 Å². The lowest BCUT2D eigenvalue weighted by Gasteiger charge is -2.39. The zero-order chi connectivity index (χ0) is 22.9. The third-order valence-corrected chi connectivity index (χ3v) is 5.99. The molecule has 1 aromatic heterocycles. The minimum Gasteiger partial charge on any atom is -0.269 e. The van der Waals surface area contributed by atoms with Crippen LogP contribution in [0.25, 0.3) is 0 Å². The molecule has 2 atom stereocenters. The van der Waals surface area contributed by atoms with Gasteiger partial charge in [-0.1, -0.05) is 66.2 Å². The number of non-ortho nitro benzene ring substituents is 1. The molecule has 164 valence electrons. The molecule has 0 saturated heterocycles. The molecule has 1 amide bonds. The van der Waals surface area contributed by atoms with Crippen molar-refractivity contribution in [2.75, 3.05) is 4.90 Å². The number of benzene rings is 3. The highest BCUT2D eigenvalue weighted by molar-refractivity contribution is 6.06. The van der Waals surface area contributed by atoms with Crippen LogP contribution in [-0.2, 0) is 0 Å². The van der Waals surface area contributed by atoms with Crippen LogP contribution in [-0.4, -0.2) is 25.6 Å². The van der Waals surface area contributed by atoms with Gasteiger partial charge in [-0.05, 0) is 30.5 Å². The first-order valence-corrected chi connectivity index (χ1v) is 10.6. The average Bonchev–Trinajstić information content (AvgIpc) is 3.34. The number of carbonyl (C=O) groups excluding carboxylic acids is 1. The standard InChI is InChI=1S/C25H21N5O3/c1-17-10-12-19(13-11-17)23-15-22(18-6-3-2-4-7-18)28(25-26-16-27-29(23)25)24(31)20-8-5-9-21(14-20)30(32)33/h2-14,16,22-23H,15H2,1H3/t22-,23-/m0/s1. The van der Waals surface area contributed by atoms with Gasteiger partial charge in [0.1, 0.15) is 6.33 Å². The van der Waals surface area contributed by atoms with E-state index in [0.29, 0.717) is 12.4 Å². The number of hydrogen-bond acceptors (Lipinski definition) is 5. The Morgan fingerprint density at radius 1 is 0.970 bits per heavy atom. The number of aromatic nitrogens is 3. The second-order valence-corrected chi connectivity index (χ2v) is 8.08. The summed E-state index contributed by atoms with van der Waals surface area (Å²) in [5, 5.41) is 15.7. The molecule has 0 spiro atoms. The molecule has 0 unspecified atom stereocenters. The van der Waals surface area contributed by atoms with Gasteiger partial charge in [0.25, 0.3) is 11.6 Å². The Bertz CT molecular complexity index is 1320. The second-order valence-electron chi connectivity index (χ2n) is 8.08. The first kappa shape index (κ1) is 20.6. The number of hydrogen-bond donors (Lipinski definition) is 0. The van der Waals surface area contributed by atoms with Gasteiger partial charge in [-0.3, -0.25) is 19.8 Å². The fraction of sp³-hybridized carbons (Fsp3) is 0.160. The van der Waals surface area contributed by atoms with Crippen molar-refractivity contribution in [3.05, 3.63) is 118 Å². The SMILES string of the molecule is Cc1ccc([C@@H]2C[C@@H](c3ccccc3)N(C(=O)c3cccc([N+](=O)[O-])c3)c3ncnn32)cc1. The van der Waals surface area contributed by atoms with Crippen LogP contribution in [0.15, 0.2) is 85.2 Å². The van der Waals surface area contributed by atoms with Gasteiger partial charge in [-0.25, -0.2) is 4.68 Å². The average molecular weight is 439 g/mol. The molecule has 0 bridgehead atoms. The highest BCUT2D eigenvalue weighted by atomic mass is 16.6. The van der Waals surface area contributed by atoms with E-state index in [4.69, 9.17) is 0 Å². The van der Waals surface area contributed by atoms with Crippen LogP contribution in [0.2, 0.25) is 0 Å². The molecule has 0 saturated carbocycles. The molecule has 8 heteroatoms. The molecule has 1 aliphatic rings. The summed E-state index contributed by atoms with van der Waals surface area (Å²) in [6, 6.07) is 23.4. The van der Waals surface area contributed by atoms with Crippen molar-refractivity contribution >= 4 is 17.5 Å². The zero-order valence-electron chi connectivity index (χ0n) is 17.9. The smallest absolute Gasteiger partial charge is 0.269 e. The quantitative estimate of drug-likeness (QED) is 0.334. The van der Waals surface area contributed by atoms with Crippen molar-refractivity contribution in [2.45, 2.75) is 25.4 Å². The lowest BCUT2D eigenvalue weighted by atomic mass is 9.91. The van der Waals surface area contributed by atoms with Gasteiger partial charge in [0.15, 0.2) is 0 Å². The van der Waals surface area contributed by atoms with Crippen LogP contribution in [0.5, 0.6) is 0 Å². The molecular weight excluding hydrogens is 418 g/mol. The van der Waals surface area contributed by atoms with Crippen LogP contribution in [0.4, 0.5) is 11.6 Å². The Labute approximate surface area is 190 Å². The minimum atomic E-state index is -0.502. The van der Waals surface area contributed by atoms with Gasteiger partial charge >= 0.3 is 0 Å². The highest BCUT2D eigenvalue weighted by Crippen LogP contribution is 2.42. The number of fused-ring (bicyclic) bond motifs is 1. The molecule has 4 aromatic rings. The molecule has 2 heterocycles. The van der Waals surface area contributed by atoms with E-state index in [1.807, 2.05) is 37.3 Å². The molecule has 8 nitrogen and oxygen atoms in total. The fourth-order valence-corrected chi connectivity index (χ4v) is 4.34. The van der Waals surface area contributed by atoms with Crippen LogP contribution in [0.1, 0.15) is 45.6 Å². The van der Waals surface area contributed by atoms with Crippen LogP contribution >= 0.6 is 0 Å². The number of nitrogens with zero attached hydrogens (tertiary/aromatic N) is 5. The molecule has 0 aliphatic carbocycles. The highest BCUT2D eigenvalue weighted by Gasteiger charge is 2.39. The summed E-state index contributed by atoms with van der Waals surface area (Å²) in [5.41, 5.74) is 3.30. The summed E-state index contributed by atoms with van der Waals surface area (Å²) in [4.78, 5) is 30.5. The summed E-state index contributed by atoms with van der Waals surface area (Å²) < 4.78 is 1.76. The van der Waals surface area contributed by atoms with Gasteiger partial charge in [0.05, 0.1) is 17.0 Å². The Morgan fingerprint density at radius 2 is 1.70 bits per heavy atom. The van der Waals surface area contributed by atoms with Crippen molar-refractivity contribution < 1.29 is 9.72 Å². The van der Waals surface area contributed by atoms with Gasteiger partial charge in [0.2, 0.25) is 5.95 Å². The number of nitro groups is 1. The summed E-state index contributed by atoms with van der Waals surface area (Å²) in [6.45, 7) is 2.04. The van der Waals surface area contributed by atoms with E-state index in [2.05, 4.69) is 34.3 Å². The summed E-state index contributed by atoms with van der Waals surface area (Å²) in [5.74, 6) is 0.0568.